The Morgan fingerprint density at radius 1 is 1.50 bits per heavy atom. The molecular formula is C7H14KNO3. The SMILES string of the molecule is CC(C)(C)OC(=O)NCC[O-].[K+]. The van der Waals surface area contributed by atoms with Crippen LogP contribution in [0.4, 0.5) is 4.79 Å². The van der Waals surface area contributed by atoms with Gasteiger partial charge in [0.1, 0.15) is 5.60 Å². The van der Waals surface area contributed by atoms with Crippen molar-refractivity contribution in [1.29, 1.82) is 0 Å². The fourth-order valence-electron chi connectivity index (χ4n) is 0.467. The Labute approximate surface area is 115 Å². The monoisotopic (exact) mass is 199 g/mol. The predicted octanol–water partition coefficient (Wildman–Crippen LogP) is -3.12. The van der Waals surface area contributed by atoms with Crippen molar-refractivity contribution in [2.75, 3.05) is 13.2 Å². The van der Waals surface area contributed by atoms with Crippen LogP contribution in [0, 0.1) is 0 Å². The zero-order chi connectivity index (χ0) is 8.91. The first-order valence-electron chi connectivity index (χ1n) is 3.50. The molecule has 0 aliphatic heterocycles. The van der Waals surface area contributed by atoms with Gasteiger partial charge in [-0.2, -0.15) is 0 Å². The summed E-state index contributed by atoms with van der Waals surface area (Å²) in [6, 6.07) is 0. The van der Waals surface area contributed by atoms with Crippen LogP contribution in [0.25, 0.3) is 0 Å². The minimum atomic E-state index is -0.534. The van der Waals surface area contributed by atoms with Crippen molar-refractivity contribution in [1.82, 2.24) is 5.32 Å². The number of nitrogens with one attached hydrogen (secondary N) is 1. The van der Waals surface area contributed by atoms with E-state index in [9.17, 15) is 9.90 Å². The summed E-state index contributed by atoms with van der Waals surface area (Å²) in [6.45, 7) is 5.10. The van der Waals surface area contributed by atoms with Crippen molar-refractivity contribution < 1.29 is 66.0 Å². The van der Waals surface area contributed by atoms with Crippen LogP contribution < -0.4 is 61.8 Å². The molecule has 0 fully saturated rings. The second kappa shape index (κ2) is 7.29. The zero-order valence-corrected chi connectivity index (χ0v) is 11.3. The average Bonchev–Trinajstić information content (AvgIpc) is 1.79. The molecule has 0 aliphatic rings. The van der Waals surface area contributed by atoms with Crippen LogP contribution in [0.3, 0.4) is 0 Å². The molecule has 0 heterocycles. The van der Waals surface area contributed by atoms with Gasteiger partial charge in [0.15, 0.2) is 0 Å². The van der Waals surface area contributed by atoms with Crippen LogP contribution in [0.1, 0.15) is 20.8 Å². The molecule has 1 N–H and O–H groups in total. The number of amides is 1. The van der Waals surface area contributed by atoms with Crippen LogP contribution in [0.15, 0.2) is 0 Å². The predicted molar refractivity (Wildman–Crippen MR) is 39.1 cm³/mol. The fourth-order valence-corrected chi connectivity index (χ4v) is 0.467. The molecule has 12 heavy (non-hydrogen) atoms. The molecule has 5 heteroatoms. The van der Waals surface area contributed by atoms with Gasteiger partial charge in [-0.05, 0) is 20.8 Å². The minimum absolute atomic E-state index is 0. The molecule has 0 saturated heterocycles. The van der Waals surface area contributed by atoms with Gasteiger partial charge in [-0.1, -0.05) is 0 Å². The van der Waals surface area contributed by atoms with E-state index in [2.05, 4.69) is 5.32 Å². The average molecular weight is 199 g/mol. The van der Waals surface area contributed by atoms with Crippen molar-refractivity contribution >= 4 is 6.09 Å². The van der Waals surface area contributed by atoms with E-state index >= 15 is 0 Å². The third-order valence-corrected chi connectivity index (χ3v) is 0.770. The Hall–Kier alpha value is 0.866. The van der Waals surface area contributed by atoms with Crippen molar-refractivity contribution in [2.24, 2.45) is 0 Å². The van der Waals surface area contributed by atoms with Gasteiger partial charge in [-0.15, -0.1) is 6.61 Å². The minimum Gasteiger partial charge on any atom is -0.853 e. The first-order chi connectivity index (χ1) is 4.95. The van der Waals surface area contributed by atoms with E-state index in [0.717, 1.165) is 0 Å². The molecule has 0 atom stereocenters. The summed E-state index contributed by atoms with van der Waals surface area (Å²) in [6.07, 6.45) is -0.534. The van der Waals surface area contributed by atoms with Gasteiger partial charge < -0.3 is 15.2 Å². The van der Waals surface area contributed by atoms with Crippen molar-refractivity contribution in [3.05, 3.63) is 0 Å². The number of carbonyl (C=O) groups excluding carboxylic acids is 1. The second-order valence-electron chi connectivity index (χ2n) is 3.13. The molecule has 0 spiro atoms. The van der Waals surface area contributed by atoms with Gasteiger partial charge >= 0.3 is 57.5 Å². The topological polar surface area (TPSA) is 61.4 Å². The molecule has 0 bridgehead atoms. The smallest absolute Gasteiger partial charge is 0.853 e. The first-order valence-corrected chi connectivity index (χ1v) is 3.50. The Bertz CT molecular complexity index is 133. The van der Waals surface area contributed by atoms with Gasteiger partial charge in [0, 0.05) is 6.54 Å². The van der Waals surface area contributed by atoms with E-state index in [-0.39, 0.29) is 64.5 Å². The third-order valence-electron chi connectivity index (χ3n) is 0.770. The fraction of sp³-hybridized carbons (Fsp3) is 0.857. The van der Waals surface area contributed by atoms with Crippen LogP contribution >= 0.6 is 0 Å². The Morgan fingerprint density at radius 2 is 2.00 bits per heavy atom. The number of hydrogen-bond acceptors (Lipinski definition) is 3. The Balaban J connectivity index is 0. The van der Waals surface area contributed by atoms with E-state index in [0.29, 0.717) is 0 Å². The van der Waals surface area contributed by atoms with Crippen LogP contribution in [-0.2, 0) is 4.74 Å². The second-order valence-corrected chi connectivity index (χ2v) is 3.13. The van der Waals surface area contributed by atoms with Crippen molar-refractivity contribution in [2.45, 2.75) is 26.4 Å². The maximum absolute atomic E-state index is 10.7. The number of ether oxygens (including phenoxy) is 1. The molecule has 0 rings (SSSR count). The molecular weight excluding hydrogens is 185 g/mol. The molecule has 66 valence electrons. The van der Waals surface area contributed by atoms with E-state index in [1.807, 2.05) is 0 Å². The standard InChI is InChI=1S/C7H14NO3.K/c1-7(2,3)11-6(10)8-4-5-9;/h4-5H2,1-3H3,(H,8,10);/q-1;+1. The number of alkyl carbamates (subject to hydrolysis) is 1. The zero-order valence-electron chi connectivity index (χ0n) is 8.14. The van der Waals surface area contributed by atoms with E-state index in [4.69, 9.17) is 4.74 Å². The number of rotatable bonds is 2. The van der Waals surface area contributed by atoms with Gasteiger partial charge in [-0.25, -0.2) is 4.79 Å². The summed E-state index contributed by atoms with van der Waals surface area (Å²) in [5, 5.41) is 12.2. The summed E-state index contributed by atoms with van der Waals surface area (Å²) in [7, 11) is 0. The van der Waals surface area contributed by atoms with Gasteiger partial charge in [0.2, 0.25) is 0 Å². The van der Waals surface area contributed by atoms with Gasteiger partial charge in [0.05, 0.1) is 0 Å². The van der Waals surface area contributed by atoms with Gasteiger partial charge in [-0.3, -0.25) is 0 Å². The molecule has 0 saturated carbocycles. The molecule has 0 aromatic heterocycles. The van der Waals surface area contributed by atoms with Crippen LogP contribution in [0.5, 0.6) is 0 Å². The molecule has 1 amide bonds. The normalized spacial score (nSPS) is 10.0. The molecule has 0 radical (unpaired) electrons. The van der Waals surface area contributed by atoms with Crippen LogP contribution in [0.2, 0.25) is 0 Å². The summed E-state index contributed by atoms with van der Waals surface area (Å²) < 4.78 is 4.85. The Morgan fingerprint density at radius 3 is 2.33 bits per heavy atom. The summed E-state index contributed by atoms with van der Waals surface area (Å²) in [4.78, 5) is 10.7. The largest absolute Gasteiger partial charge is 1.00 e. The molecule has 0 unspecified atom stereocenters. The van der Waals surface area contributed by atoms with Crippen molar-refractivity contribution in [3.8, 4) is 0 Å². The molecule has 4 nitrogen and oxygen atoms in total. The van der Waals surface area contributed by atoms with Gasteiger partial charge in [0.25, 0.3) is 0 Å². The maximum atomic E-state index is 10.7. The first kappa shape index (κ1) is 15.3. The van der Waals surface area contributed by atoms with Crippen molar-refractivity contribution in [3.63, 3.8) is 0 Å². The summed E-state index contributed by atoms with van der Waals surface area (Å²) >= 11 is 0. The number of hydrogen-bond donors (Lipinski definition) is 1. The third kappa shape index (κ3) is 10.9. The molecule has 0 aromatic carbocycles. The van der Waals surface area contributed by atoms with E-state index < -0.39 is 11.7 Å². The van der Waals surface area contributed by atoms with E-state index in [1.165, 1.54) is 0 Å². The van der Waals surface area contributed by atoms with Crippen LogP contribution in [-0.4, -0.2) is 24.8 Å². The Kier molecular flexibility index (Phi) is 9.32. The summed E-state index contributed by atoms with van der Waals surface area (Å²) in [5.41, 5.74) is -0.493. The molecule has 0 aliphatic carbocycles. The molecule has 0 aromatic rings. The number of carbonyl (C=O) groups is 1. The van der Waals surface area contributed by atoms with E-state index in [1.54, 1.807) is 20.8 Å². The summed E-state index contributed by atoms with van der Waals surface area (Å²) in [5.74, 6) is 0. The quantitative estimate of drug-likeness (QED) is 0.479. The maximum Gasteiger partial charge on any atom is 1.00 e.